The number of fused-ring (bicyclic) bond motifs is 2. The number of benzene rings is 1. The van der Waals surface area contributed by atoms with E-state index in [4.69, 9.17) is 12.2 Å². The van der Waals surface area contributed by atoms with Gasteiger partial charge in [-0.1, -0.05) is 32.4 Å². The molecule has 2 N–H and O–H groups in total. The molecule has 2 aliphatic heterocycles. The zero-order valence-electron chi connectivity index (χ0n) is 15.1. The van der Waals surface area contributed by atoms with Crippen molar-refractivity contribution in [3.8, 4) is 0 Å². The minimum absolute atomic E-state index is 0.517. The number of aryl methyl sites for hydroxylation is 1. The highest BCUT2D eigenvalue weighted by atomic mass is 32.1. The van der Waals surface area contributed by atoms with Crippen LogP contribution in [0.15, 0.2) is 24.3 Å². The summed E-state index contributed by atoms with van der Waals surface area (Å²) in [6, 6.07) is 10.6. The van der Waals surface area contributed by atoms with Crippen molar-refractivity contribution in [1.29, 1.82) is 0 Å². The molecule has 2 fully saturated rings. The van der Waals surface area contributed by atoms with Crippen LogP contribution in [-0.2, 0) is 6.42 Å². The molecule has 2 unspecified atom stereocenters. The Morgan fingerprint density at radius 2 is 1.79 bits per heavy atom. The molecule has 2 aliphatic rings. The van der Waals surface area contributed by atoms with E-state index >= 15 is 0 Å². The lowest BCUT2D eigenvalue weighted by Crippen LogP contribution is -2.57. The fraction of sp³-hybridized carbons (Fsp3) is 0.650. The van der Waals surface area contributed by atoms with E-state index in [1.165, 1.54) is 50.6 Å². The molecule has 1 aromatic carbocycles. The van der Waals surface area contributed by atoms with E-state index in [-0.39, 0.29) is 0 Å². The maximum atomic E-state index is 5.55. The van der Waals surface area contributed by atoms with Crippen molar-refractivity contribution in [2.45, 2.75) is 76.9 Å². The molecule has 2 bridgehead atoms. The second-order valence-corrected chi connectivity index (χ2v) is 7.70. The second kappa shape index (κ2) is 8.30. The summed E-state index contributed by atoms with van der Waals surface area (Å²) >= 11 is 5.55. The molecular weight excluding hydrogens is 314 g/mol. The predicted molar refractivity (Wildman–Crippen MR) is 107 cm³/mol. The van der Waals surface area contributed by atoms with Gasteiger partial charge in [0.1, 0.15) is 0 Å². The second-order valence-electron chi connectivity index (χ2n) is 7.29. The third-order valence-electron chi connectivity index (χ3n) is 5.56. The molecule has 0 aliphatic carbocycles. The summed E-state index contributed by atoms with van der Waals surface area (Å²) in [5.74, 6) is 0. The topological polar surface area (TPSA) is 27.3 Å². The number of thiocarbonyl (C=S) groups is 1. The standard InChI is InChI=1S/C20H31N3S/c1-3-12-23-18-6-5-7-19(23)14-17(13-18)22-20(24)21-16-10-8-15(4-2)9-11-16/h8-11,17-19H,3-7,12-14H2,1-2H3,(H2,21,22,24). The monoisotopic (exact) mass is 345 g/mol. The first-order valence-corrected chi connectivity index (χ1v) is 10.0. The van der Waals surface area contributed by atoms with Gasteiger partial charge in [0.15, 0.2) is 5.11 Å². The molecule has 0 spiro atoms. The van der Waals surface area contributed by atoms with Crippen molar-refractivity contribution >= 4 is 23.0 Å². The third-order valence-corrected chi connectivity index (χ3v) is 5.78. The molecule has 0 radical (unpaired) electrons. The first kappa shape index (κ1) is 17.7. The fourth-order valence-corrected chi connectivity index (χ4v) is 4.68. The number of hydrogen-bond donors (Lipinski definition) is 2. The van der Waals surface area contributed by atoms with Crippen molar-refractivity contribution in [3.05, 3.63) is 29.8 Å². The number of piperidine rings is 2. The zero-order valence-corrected chi connectivity index (χ0v) is 15.9. The summed E-state index contributed by atoms with van der Waals surface area (Å²) in [7, 11) is 0. The third kappa shape index (κ3) is 4.28. The molecule has 4 heteroatoms. The van der Waals surface area contributed by atoms with E-state index in [0.717, 1.165) is 29.3 Å². The summed E-state index contributed by atoms with van der Waals surface area (Å²) in [6.07, 6.45) is 8.90. The molecule has 24 heavy (non-hydrogen) atoms. The molecule has 0 saturated carbocycles. The highest BCUT2D eigenvalue weighted by molar-refractivity contribution is 7.80. The largest absolute Gasteiger partial charge is 0.360 e. The van der Waals surface area contributed by atoms with Crippen LogP contribution in [0.2, 0.25) is 0 Å². The van der Waals surface area contributed by atoms with Gasteiger partial charge >= 0.3 is 0 Å². The summed E-state index contributed by atoms with van der Waals surface area (Å²) in [6.45, 7) is 5.73. The lowest BCUT2D eigenvalue weighted by molar-refractivity contribution is 0.0284. The Hall–Kier alpha value is -1.13. The van der Waals surface area contributed by atoms with Gasteiger partial charge in [-0.2, -0.15) is 0 Å². The normalized spacial score (nSPS) is 26.8. The van der Waals surface area contributed by atoms with Crippen LogP contribution in [-0.4, -0.2) is 34.7 Å². The maximum Gasteiger partial charge on any atom is 0.170 e. The minimum atomic E-state index is 0.517. The number of anilines is 1. The van der Waals surface area contributed by atoms with Gasteiger partial charge in [-0.3, -0.25) is 4.90 Å². The molecule has 132 valence electrons. The molecule has 3 nitrogen and oxygen atoms in total. The van der Waals surface area contributed by atoms with E-state index in [2.05, 4.69) is 53.6 Å². The van der Waals surface area contributed by atoms with Gasteiger partial charge in [0, 0.05) is 23.8 Å². The molecule has 3 rings (SSSR count). The van der Waals surface area contributed by atoms with Gasteiger partial charge in [-0.15, -0.1) is 0 Å². The lowest BCUT2D eigenvalue weighted by atomic mass is 9.81. The van der Waals surface area contributed by atoms with E-state index in [1.807, 2.05) is 0 Å². The predicted octanol–water partition coefficient (Wildman–Crippen LogP) is 4.33. The van der Waals surface area contributed by atoms with Crippen LogP contribution < -0.4 is 10.6 Å². The number of rotatable bonds is 5. The summed E-state index contributed by atoms with van der Waals surface area (Å²) in [5.41, 5.74) is 2.43. The van der Waals surface area contributed by atoms with Crippen molar-refractivity contribution in [2.24, 2.45) is 0 Å². The van der Waals surface area contributed by atoms with E-state index in [0.29, 0.717) is 6.04 Å². The van der Waals surface area contributed by atoms with Gasteiger partial charge in [-0.25, -0.2) is 0 Å². The number of nitrogens with zero attached hydrogens (tertiary/aromatic N) is 1. The first-order chi connectivity index (χ1) is 11.7. The van der Waals surface area contributed by atoms with Crippen LogP contribution in [0.25, 0.3) is 0 Å². The lowest BCUT2D eigenvalue weighted by Gasteiger charge is -2.49. The summed E-state index contributed by atoms with van der Waals surface area (Å²) in [5, 5.41) is 7.70. The first-order valence-electron chi connectivity index (χ1n) is 9.61. The Labute approximate surface area is 152 Å². The van der Waals surface area contributed by atoms with Crippen molar-refractivity contribution in [3.63, 3.8) is 0 Å². The van der Waals surface area contributed by atoms with Crippen LogP contribution in [0.5, 0.6) is 0 Å². The highest BCUT2D eigenvalue weighted by Crippen LogP contribution is 2.34. The van der Waals surface area contributed by atoms with E-state index in [1.54, 1.807) is 0 Å². The van der Waals surface area contributed by atoms with Gasteiger partial charge in [-0.05, 0) is 75.0 Å². The molecule has 1 aromatic rings. The molecule has 2 heterocycles. The maximum absolute atomic E-state index is 5.55. The van der Waals surface area contributed by atoms with Crippen molar-refractivity contribution in [1.82, 2.24) is 10.2 Å². The molecule has 2 saturated heterocycles. The highest BCUT2D eigenvalue weighted by Gasteiger charge is 2.37. The SMILES string of the molecule is CCCN1C2CCCC1CC(NC(=S)Nc1ccc(CC)cc1)C2. The van der Waals surface area contributed by atoms with Gasteiger partial charge < -0.3 is 10.6 Å². The average molecular weight is 346 g/mol. The summed E-state index contributed by atoms with van der Waals surface area (Å²) in [4.78, 5) is 2.77. The minimum Gasteiger partial charge on any atom is -0.360 e. The average Bonchev–Trinajstić information content (AvgIpc) is 2.56. The van der Waals surface area contributed by atoms with Gasteiger partial charge in [0.25, 0.3) is 0 Å². The fourth-order valence-electron chi connectivity index (χ4n) is 4.40. The Kier molecular flexibility index (Phi) is 6.12. The zero-order chi connectivity index (χ0) is 16.9. The molecule has 0 amide bonds. The van der Waals surface area contributed by atoms with Gasteiger partial charge in [0.2, 0.25) is 0 Å². The Bertz CT molecular complexity index is 528. The van der Waals surface area contributed by atoms with Crippen LogP contribution >= 0.6 is 12.2 Å². The Morgan fingerprint density at radius 3 is 2.38 bits per heavy atom. The number of hydrogen-bond acceptors (Lipinski definition) is 2. The van der Waals surface area contributed by atoms with E-state index < -0.39 is 0 Å². The molecule has 0 aromatic heterocycles. The summed E-state index contributed by atoms with van der Waals surface area (Å²) < 4.78 is 0. The van der Waals surface area contributed by atoms with Crippen LogP contribution in [0.3, 0.4) is 0 Å². The van der Waals surface area contributed by atoms with Crippen LogP contribution in [0.4, 0.5) is 5.69 Å². The van der Waals surface area contributed by atoms with Crippen molar-refractivity contribution < 1.29 is 0 Å². The molecular formula is C20H31N3S. The smallest absolute Gasteiger partial charge is 0.170 e. The van der Waals surface area contributed by atoms with Crippen LogP contribution in [0.1, 0.15) is 57.9 Å². The Balaban J connectivity index is 1.53. The van der Waals surface area contributed by atoms with Crippen molar-refractivity contribution in [2.75, 3.05) is 11.9 Å². The quantitative estimate of drug-likeness (QED) is 0.777. The molecule has 2 atom stereocenters. The van der Waals surface area contributed by atoms with Gasteiger partial charge in [0.05, 0.1) is 0 Å². The number of nitrogens with one attached hydrogen (secondary N) is 2. The van der Waals surface area contributed by atoms with E-state index in [9.17, 15) is 0 Å². The Morgan fingerprint density at radius 1 is 1.12 bits per heavy atom. The van der Waals surface area contributed by atoms with Crippen LogP contribution in [0, 0.1) is 0 Å².